The number of hydrogen-bond donors (Lipinski definition) is 3. The first-order valence-electron chi connectivity index (χ1n) is 21.0. The van der Waals surface area contributed by atoms with Gasteiger partial charge in [-0.2, -0.15) is 0 Å². The van der Waals surface area contributed by atoms with Crippen molar-refractivity contribution in [2.24, 2.45) is 9.98 Å². The van der Waals surface area contributed by atoms with Crippen LogP contribution in [0, 0.1) is 30.6 Å². The minimum absolute atomic E-state index is 0. The molecule has 349 valence electrons. The number of rotatable bonds is 14. The molecule has 0 amide bonds. The fraction of sp³-hybridized carbons (Fsp3) is 0.659. The van der Waals surface area contributed by atoms with Crippen molar-refractivity contribution < 1.29 is 56.0 Å². The molecule has 2 aromatic carbocycles. The first-order valence-corrected chi connectivity index (χ1v) is 21.0. The first-order chi connectivity index (χ1) is 27.7. The molecular weight excluding hydrogens is 831 g/mol. The summed E-state index contributed by atoms with van der Waals surface area (Å²) < 4.78 is 1.88. The van der Waals surface area contributed by atoms with Crippen LogP contribution in [0.3, 0.4) is 0 Å². The molecule has 1 aliphatic rings. The van der Waals surface area contributed by atoms with Gasteiger partial charge >= 0.3 is 0 Å². The van der Waals surface area contributed by atoms with E-state index in [9.17, 15) is 10.2 Å². The summed E-state index contributed by atoms with van der Waals surface area (Å²) in [6.07, 6.45) is 8.01. The van der Waals surface area contributed by atoms with E-state index in [4.69, 9.17) is 50.5 Å². The number of phenols is 2. The Morgan fingerprint density at radius 3 is 1.11 bits per heavy atom. The van der Waals surface area contributed by atoms with Crippen LogP contribution in [0.25, 0.3) is 0 Å². The molecule has 1 fully saturated rings. The second kappa shape index (κ2) is 26.9. The Kier molecular flexibility index (Phi) is 25.9. The molecule has 61 heavy (non-hydrogen) atoms. The van der Waals surface area contributed by atoms with Crippen LogP contribution in [0.15, 0.2) is 34.3 Å². The normalized spacial score (nSPS) is 15.6. The fourth-order valence-electron chi connectivity index (χ4n) is 7.27. The van der Waals surface area contributed by atoms with Crippen LogP contribution in [-0.4, -0.2) is 104 Å². The second-order valence-corrected chi connectivity index (χ2v) is 17.5. The number of phenolic OH excluding ortho intramolecular Hbond substituents is 2. The number of quaternary nitrogens is 2. The zero-order chi connectivity index (χ0) is 46.6. The van der Waals surface area contributed by atoms with Crippen LogP contribution in [0.4, 0.5) is 0 Å². The zero-order valence-corrected chi connectivity index (χ0v) is 39.9. The van der Waals surface area contributed by atoms with Gasteiger partial charge in [0.2, 0.25) is 0 Å². The standard InChI is InChI=1S/C42H68N4O2.C2H4O2.Co.2NO3/c1-13-45(14-2,15-3)29-33-25-35(41(7,8)9)23-31(39(33)47)27-43-37-21-19-20-22-38(37)44-28-32-24-36(42(10,11)12)26-34(40(32)48)30-46(16-4,17-5)18-6;1-2(3)4;;2*2-1(3)4/h23-28,37-38H,13-22,29-30H2,1-12H3;1H3,(H,3,4);;;/q;;;2*-1/p+2/t37-,38?;;;;/m1..../s1. The van der Waals surface area contributed by atoms with E-state index in [2.05, 4.69) is 107 Å². The summed E-state index contributed by atoms with van der Waals surface area (Å²) in [6, 6.07) is 8.74. The maximum absolute atomic E-state index is 11.6. The molecule has 0 aromatic heterocycles. The Balaban J connectivity index is 0. The van der Waals surface area contributed by atoms with Crippen LogP contribution in [0.1, 0.15) is 149 Å². The maximum atomic E-state index is 11.6. The summed E-state index contributed by atoms with van der Waals surface area (Å²) in [5.74, 6) is -0.116. The molecule has 0 bridgehead atoms. The van der Waals surface area contributed by atoms with E-state index in [0.29, 0.717) is 11.5 Å². The molecule has 0 heterocycles. The first kappa shape index (κ1) is 58.8. The zero-order valence-electron chi connectivity index (χ0n) is 38.8. The van der Waals surface area contributed by atoms with E-state index in [-0.39, 0.29) is 39.7 Å². The number of nitrogens with zero attached hydrogens (tertiary/aromatic N) is 6. The van der Waals surface area contributed by atoms with E-state index >= 15 is 0 Å². The van der Waals surface area contributed by atoms with Crippen molar-refractivity contribution in [3.05, 3.63) is 88.3 Å². The van der Waals surface area contributed by atoms with Crippen molar-refractivity contribution >= 4 is 18.4 Å². The molecule has 3 rings (SSSR count). The number of carboxylic acid groups (broad SMARTS) is 1. The van der Waals surface area contributed by atoms with Crippen LogP contribution < -0.4 is 0 Å². The molecule has 1 aliphatic carbocycles. The van der Waals surface area contributed by atoms with E-state index in [1.165, 1.54) is 11.1 Å². The molecule has 1 radical (unpaired) electrons. The molecule has 0 saturated heterocycles. The topological polar surface area (TPSA) is 235 Å². The van der Waals surface area contributed by atoms with Gasteiger partial charge in [-0.15, -0.1) is 0 Å². The van der Waals surface area contributed by atoms with E-state index in [1.807, 2.05) is 12.4 Å². The number of carboxylic acids is 1. The second-order valence-electron chi connectivity index (χ2n) is 17.5. The Morgan fingerprint density at radius 2 is 0.902 bits per heavy atom. The summed E-state index contributed by atoms with van der Waals surface area (Å²) in [7, 11) is 0. The van der Waals surface area contributed by atoms with Crippen LogP contribution in [0.5, 0.6) is 11.5 Å². The molecule has 0 aliphatic heterocycles. The van der Waals surface area contributed by atoms with Gasteiger partial charge in [-0.3, -0.25) is 14.8 Å². The predicted molar refractivity (Wildman–Crippen MR) is 240 cm³/mol. The van der Waals surface area contributed by atoms with E-state index in [1.54, 1.807) is 0 Å². The maximum Gasteiger partial charge on any atom is 0.300 e. The van der Waals surface area contributed by atoms with Crippen molar-refractivity contribution in [1.29, 1.82) is 0 Å². The molecule has 2 atom stereocenters. The van der Waals surface area contributed by atoms with Crippen molar-refractivity contribution in [3.8, 4) is 11.5 Å². The Hall–Kier alpha value is -4.32. The van der Waals surface area contributed by atoms with Gasteiger partial charge in [-0.05, 0) is 101 Å². The summed E-state index contributed by atoms with van der Waals surface area (Å²) >= 11 is 0. The van der Waals surface area contributed by atoms with Gasteiger partial charge in [0.15, 0.2) is 0 Å². The van der Waals surface area contributed by atoms with Gasteiger partial charge < -0.3 is 54.9 Å². The summed E-state index contributed by atoms with van der Waals surface area (Å²) in [6.45, 7) is 35.8. The van der Waals surface area contributed by atoms with Crippen molar-refractivity contribution in [1.82, 2.24) is 0 Å². The minimum atomic E-state index is -1.75. The van der Waals surface area contributed by atoms with E-state index < -0.39 is 16.1 Å². The number of aliphatic carboxylic acids is 1. The summed E-state index contributed by atoms with van der Waals surface area (Å²) in [5.41, 5.74) is 5.97. The summed E-state index contributed by atoms with van der Waals surface area (Å²) in [5, 5.41) is 60.1. The molecule has 1 saturated carbocycles. The van der Waals surface area contributed by atoms with Crippen LogP contribution >= 0.6 is 0 Å². The largest absolute Gasteiger partial charge is 0.507 e. The molecule has 16 nitrogen and oxygen atoms in total. The number of aliphatic imine (C=N–C) groups is 2. The van der Waals surface area contributed by atoms with Gasteiger partial charge in [0.05, 0.1) is 61.5 Å². The molecule has 1 unspecified atom stereocenters. The van der Waals surface area contributed by atoms with Crippen LogP contribution in [0.2, 0.25) is 0 Å². The van der Waals surface area contributed by atoms with Gasteiger partial charge in [0.25, 0.3) is 5.97 Å². The molecule has 17 heteroatoms. The Morgan fingerprint density at radius 1 is 0.656 bits per heavy atom. The van der Waals surface area contributed by atoms with Gasteiger partial charge in [-0.1, -0.05) is 54.4 Å². The fourth-order valence-corrected chi connectivity index (χ4v) is 7.27. The van der Waals surface area contributed by atoms with Gasteiger partial charge in [-0.25, -0.2) is 0 Å². The quantitative estimate of drug-likeness (QED) is 0.0704. The molecule has 3 N–H and O–H groups in total. The van der Waals surface area contributed by atoms with Crippen molar-refractivity contribution in [2.45, 2.75) is 152 Å². The average Bonchev–Trinajstić information content (AvgIpc) is 3.15. The predicted octanol–water partition coefficient (Wildman–Crippen LogP) is 8.91. The number of carbonyl (C=O) groups is 1. The van der Waals surface area contributed by atoms with Gasteiger partial charge in [0, 0.05) is 58.4 Å². The smallest absolute Gasteiger partial charge is 0.300 e. The van der Waals surface area contributed by atoms with Crippen LogP contribution in [-0.2, 0) is 45.5 Å². The summed E-state index contributed by atoms with van der Waals surface area (Å²) in [4.78, 5) is 35.8. The Labute approximate surface area is 374 Å². The number of hydrogen-bond acceptors (Lipinski definition) is 11. The molecular formula is C44H74CoN6O10. The monoisotopic (exact) mass is 905 g/mol. The van der Waals surface area contributed by atoms with Gasteiger partial charge in [0.1, 0.15) is 24.6 Å². The third-order valence-corrected chi connectivity index (χ3v) is 11.7. The number of benzene rings is 2. The van der Waals surface area contributed by atoms with Crippen molar-refractivity contribution in [2.75, 3.05) is 39.3 Å². The number of aromatic hydroxyl groups is 2. The average molecular weight is 906 g/mol. The minimum Gasteiger partial charge on any atom is -0.507 e. The SMILES string of the molecule is CC(=O)O.CC[N+](CC)(CC)Cc1cc(C(C)(C)C)cc(C=NC2CCCC[C@H]2N=Cc2cc(C(C)(C)C)cc(C[N+](CC)(CC)CC)c2O)c1O.O=[N+]([O-])[O-].O=[N+]([O-])[O-].[Co]. The van der Waals surface area contributed by atoms with E-state index in [0.717, 1.165) is 116 Å². The molecule has 2 aromatic rings. The third-order valence-electron chi connectivity index (χ3n) is 11.7. The Bertz CT molecular complexity index is 1570. The third kappa shape index (κ3) is 20.4. The molecule has 0 spiro atoms. The van der Waals surface area contributed by atoms with Crippen molar-refractivity contribution in [3.63, 3.8) is 0 Å².